The van der Waals surface area contributed by atoms with Crippen LogP contribution in [-0.2, 0) is 6.54 Å². The number of carbonyl (C=O) groups is 1. The van der Waals surface area contributed by atoms with Gasteiger partial charge in [-0.15, -0.1) is 11.3 Å². The SMILES string of the molecule is CC.CCC(O)(/C(N)=C/N(N)Cc1ccc2c(C(C)C)c(C(N)=O)sc2c1)C(F)(F)F. The molecule has 1 atom stereocenters. The van der Waals surface area contributed by atoms with Crippen LogP contribution in [0.1, 0.15) is 67.8 Å². The third-order valence-electron chi connectivity index (χ3n) is 4.72. The van der Waals surface area contributed by atoms with Crippen molar-refractivity contribution in [3.8, 4) is 0 Å². The molecule has 1 aromatic heterocycles. The van der Waals surface area contributed by atoms with Crippen molar-refractivity contribution in [2.24, 2.45) is 17.3 Å². The highest BCUT2D eigenvalue weighted by molar-refractivity contribution is 7.21. The number of primary amides is 1. The molecule has 0 spiro atoms. The van der Waals surface area contributed by atoms with Crippen LogP contribution < -0.4 is 17.3 Å². The van der Waals surface area contributed by atoms with Gasteiger partial charge in [-0.05, 0) is 34.9 Å². The van der Waals surface area contributed by atoms with Gasteiger partial charge in [0.1, 0.15) is 0 Å². The van der Waals surface area contributed by atoms with E-state index in [0.717, 1.165) is 26.9 Å². The van der Waals surface area contributed by atoms with Crippen molar-refractivity contribution in [1.82, 2.24) is 5.01 Å². The van der Waals surface area contributed by atoms with Gasteiger partial charge in [-0.3, -0.25) is 4.79 Å². The summed E-state index contributed by atoms with van der Waals surface area (Å²) < 4.78 is 40.2. The average Bonchev–Trinajstić information content (AvgIpc) is 3.07. The number of fused-ring (bicyclic) bond motifs is 1. The van der Waals surface area contributed by atoms with Crippen molar-refractivity contribution in [3.63, 3.8) is 0 Å². The smallest absolute Gasteiger partial charge is 0.398 e. The minimum atomic E-state index is -4.92. The molecule has 2 rings (SSSR count). The molecular formula is C21H31F3N4O2S. The Labute approximate surface area is 184 Å². The molecular weight excluding hydrogens is 429 g/mol. The number of benzene rings is 1. The van der Waals surface area contributed by atoms with Crippen LogP contribution in [0.15, 0.2) is 30.1 Å². The number of aliphatic hydroxyl groups is 1. The molecule has 174 valence electrons. The van der Waals surface area contributed by atoms with Gasteiger partial charge in [-0.25, -0.2) is 5.84 Å². The van der Waals surface area contributed by atoms with Crippen LogP contribution in [0.2, 0.25) is 0 Å². The number of hydrogen-bond acceptors (Lipinski definition) is 6. The molecule has 10 heteroatoms. The molecule has 1 amide bonds. The minimum Gasteiger partial charge on any atom is -0.398 e. The predicted molar refractivity (Wildman–Crippen MR) is 119 cm³/mol. The summed E-state index contributed by atoms with van der Waals surface area (Å²) in [6.45, 7) is 9.16. The first kappa shape index (κ1) is 26.7. The Morgan fingerprint density at radius 3 is 2.29 bits per heavy atom. The van der Waals surface area contributed by atoms with E-state index in [9.17, 15) is 23.1 Å². The van der Waals surface area contributed by atoms with Crippen molar-refractivity contribution >= 4 is 27.3 Å². The molecule has 0 aliphatic rings. The second-order valence-electron chi connectivity index (χ2n) is 7.16. The molecule has 0 saturated carbocycles. The number of alkyl halides is 3. The van der Waals surface area contributed by atoms with E-state index in [2.05, 4.69) is 0 Å². The third-order valence-corrected chi connectivity index (χ3v) is 5.91. The Morgan fingerprint density at radius 1 is 1.26 bits per heavy atom. The van der Waals surface area contributed by atoms with E-state index in [-0.39, 0.29) is 12.5 Å². The van der Waals surface area contributed by atoms with Crippen LogP contribution in [0.4, 0.5) is 13.2 Å². The number of amides is 1. The van der Waals surface area contributed by atoms with Gasteiger partial charge in [0.15, 0.2) is 0 Å². The molecule has 1 aromatic carbocycles. The van der Waals surface area contributed by atoms with Crippen molar-refractivity contribution in [1.29, 1.82) is 0 Å². The summed E-state index contributed by atoms with van der Waals surface area (Å²) in [5.74, 6) is 5.40. The summed E-state index contributed by atoms with van der Waals surface area (Å²) in [6, 6.07) is 5.41. The zero-order valence-corrected chi connectivity index (χ0v) is 19.2. The number of thiophene rings is 1. The fraction of sp³-hybridized carbons (Fsp3) is 0.476. The second kappa shape index (κ2) is 10.3. The standard InChI is InChI=1S/C19H25F3N4O2S.C2H6/c1-4-18(28,19(20,21)22)14(23)9-26(25)8-11-5-6-12-13(7-11)29-16(17(24)27)15(12)10(2)3;1-2/h5-7,9-10,28H,4,8,23,25H2,1-3H3,(H2,24,27);1-2H3/b14-9-;. The Kier molecular flexibility index (Phi) is 8.92. The fourth-order valence-corrected chi connectivity index (χ4v) is 4.40. The Hall–Kier alpha value is -2.30. The quantitative estimate of drug-likeness (QED) is 0.362. The lowest BCUT2D eigenvalue weighted by atomic mass is 9.96. The minimum absolute atomic E-state index is 0.0507. The molecule has 0 bridgehead atoms. The van der Waals surface area contributed by atoms with Crippen LogP contribution in [0, 0.1) is 0 Å². The first-order chi connectivity index (χ1) is 14.3. The monoisotopic (exact) mass is 460 g/mol. The summed E-state index contributed by atoms with van der Waals surface area (Å²) in [5, 5.41) is 11.8. The van der Waals surface area contributed by atoms with Crippen LogP contribution in [0.25, 0.3) is 10.1 Å². The highest BCUT2D eigenvalue weighted by Gasteiger charge is 2.54. The van der Waals surface area contributed by atoms with Gasteiger partial charge in [0.05, 0.1) is 17.1 Å². The van der Waals surface area contributed by atoms with Gasteiger partial charge in [-0.1, -0.05) is 46.8 Å². The highest BCUT2D eigenvalue weighted by Crippen LogP contribution is 2.38. The first-order valence-electron chi connectivity index (χ1n) is 9.95. The van der Waals surface area contributed by atoms with Gasteiger partial charge in [0.25, 0.3) is 5.91 Å². The lowest BCUT2D eigenvalue weighted by Gasteiger charge is -2.30. The van der Waals surface area contributed by atoms with E-state index >= 15 is 0 Å². The van der Waals surface area contributed by atoms with E-state index in [1.165, 1.54) is 18.3 Å². The number of halogens is 3. The number of nitrogens with two attached hydrogens (primary N) is 3. The third kappa shape index (κ3) is 5.69. The maximum atomic E-state index is 13.1. The number of nitrogens with zero attached hydrogens (tertiary/aromatic N) is 1. The molecule has 1 heterocycles. The summed E-state index contributed by atoms with van der Waals surface area (Å²) >= 11 is 1.26. The maximum absolute atomic E-state index is 13.1. The van der Waals surface area contributed by atoms with Crippen molar-refractivity contribution < 1.29 is 23.1 Å². The van der Waals surface area contributed by atoms with Gasteiger partial charge >= 0.3 is 6.18 Å². The number of carbonyl (C=O) groups excluding carboxylic acids is 1. The lowest BCUT2D eigenvalue weighted by Crippen LogP contribution is -2.49. The molecule has 0 aliphatic heterocycles. The zero-order chi connectivity index (χ0) is 24.1. The largest absolute Gasteiger partial charge is 0.422 e. The highest BCUT2D eigenvalue weighted by atomic mass is 32.1. The van der Waals surface area contributed by atoms with Crippen LogP contribution in [-0.4, -0.2) is 27.8 Å². The van der Waals surface area contributed by atoms with Gasteiger partial charge < -0.3 is 21.6 Å². The van der Waals surface area contributed by atoms with Crippen LogP contribution in [0.5, 0.6) is 0 Å². The molecule has 0 radical (unpaired) electrons. The van der Waals surface area contributed by atoms with E-state index in [0.29, 0.717) is 10.4 Å². The summed E-state index contributed by atoms with van der Waals surface area (Å²) in [5.41, 5.74) is 8.62. The molecule has 0 fully saturated rings. The first-order valence-corrected chi connectivity index (χ1v) is 10.8. The molecule has 7 N–H and O–H groups in total. The molecule has 31 heavy (non-hydrogen) atoms. The van der Waals surface area contributed by atoms with E-state index in [4.69, 9.17) is 17.3 Å². The predicted octanol–water partition coefficient (Wildman–Crippen LogP) is 4.33. The number of hydrogen-bond donors (Lipinski definition) is 4. The Morgan fingerprint density at radius 2 is 1.84 bits per heavy atom. The molecule has 2 aromatic rings. The topological polar surface area (TPSA) is 119 Å². The Bertz CT molecular complexity index is 941. The molecule has 0 aliphatic carbocycles. The van der Waals surface area contributed by atoms with Crippen LogP contribution >= 0.6 is 11.3 Å². The Balaban J connectivity index is 0.00000233. The van der Waals surface area contributed by atoms with E-state index < -0.39 is 29.8 Å². The number of rotatable bonds is 7. The average molecular weight is 461 g/mol. The summed E-state index contributed by atoms with van der Waals surface area (Å²) in [6.07, 6.45) is -4.68. The van der Waals surface area contributed by atoms with E-state index in [1.807, 2.05) is 33.8 Å². The maximum Gasteiger partial charge on any atom is 0.422 e. The van der Waals surface area contributed by atoms with Gasteiger partial charge in [-0.2, -0.15) is 13.2 Å². The van der Waals surface area contributed by atoms with Crippen molar-refractivity contribution in [2.45, 2.75) is 65.3 Å². The normalized spacial score (nSPS) is 14.2. The van der Waals surface area contributed by atoms with Crippen molar-refractivity contribution in [2.75, 3.05) is 0 Å². The summed E-state index contributed by atoms with van der Waals surface area (Å²) in [7, 11) is 0. The molecule has 6 nitrogen and oxygen atoms in total. The van der Waals surface area contributed by atoms with E-state index in [1.54, 1.807) is 12.1 Å². The van der Waals surface area contributed by atoms with Crippen LogP contribution in [0.3, 0.4) is 0 Å². The summed E-state index contributed by atoms with van der Waals surface area (Å²) in [4.78, 5) is 12.2. The van der Waals surface area contributed by atoms with Gasteiger partial charge in [0.2, 0.25) is 5.60 Å². The second-order valence-corrected chi connectivity index (χ2v) is 8.21. The molecule has 1 unspecified atom stereocenters. The fourth-order valence-electron chi connectivity index (χ4n) is 3.13. The lowest BCUT2D eigenvalue weighted by molar-refractivity contribution is -0.245. The molecule has 0 saturated heterocycles. The number of hydrazine groups is 1. The zero-order valence-electron chi connectivity index (χ0n) is 18.4. The van der Waals surface area contributed by atoms with Crippen molar-refractivity contribution in [3.05, 3.63) is 46.1 Å². The van der Waals surface area contributed by atoms with Gasteiger partial charge in [0, 0.05) is 10.9 Å².